The van der Waals surface area contributed by atoms with Crippen molar-refractivity contribution in [2.24, 2.45) is 17.3 Å². The molecule has 1 aliphatic rings. The number of hydrogen-bond acceptors (Lipinski definition) is 5. The van der Waals surface area contributed by atoms with E-state index in [1.807, 2.05) is 43.6 Å². The van der Waals surface area contributed by atoms with E-state index in [4.69, 9.17) is 6.42 Å². The van der Waals surface area contributed by atoms with Crippen molar-refractivity contribution in [3.05, 3.63) is 36.5 Å². The zero-order valence-corrected chi connectivity index (χ0v) is 14.1. The van der Waals surface area contributed by atoms with Crippen LogP contribution in [0.15, 0.2) is 46.8 Å². The Balaban J connectivity index is 1.57. The normalized spacial score (nSPS) is 13.9. The summed E-state index contributed by atoms with van der Waals surface area (Å²) < 4.78 is 1.71. The standard InChI is InChI=1S/C18H20N6O/c1-3-4-11-18(22-23-18)12-9-17(25)20-15-8-6-5-7-14(15)19-16-10-13-24(2)21-16/h1,5-8,10,13H,4,9,11-12H2,2H3,(H,19,21)(H,20,25). The van der Waals surface area contributed by atoms with Crippen LogP contribution in [0.25, 0.3) is 0 Å². The van der Waals surface area contributed by atoms with Crippen LogP contribution in [-0.4, -0.2) is 21.4 Å². The summed E-state index contributed by atoms with van der Waals surface area (Å²) in [5.41, 5.74) is 1.06. The molecule has 2 heterocycles. The van der Waals surface area contributed by atoms with Crippen LogP contribution < -0.4 is 10.6 Å². The number of para-hydroxylation sites is 2. The number of aryl methyl sites for hydroxylation is 1. The Hall–Kier alpha value is -3.14. The van der Waals surface area contributed by atoms with E-state index in [2.05, 4.69) is 31.9 Å². The molecule has 7 heteroatoms. The number of amides is 1. The number of aromatic nitrogens is 2. The van der Waals surface area contributed by atoms with Gasteiger partial charge in [-0.05, 0) is 12.1 Å². The molecule has 25 heavy (non-hydrogen) atoms. The van der Waals surface area contributed by atoms with Gasteiger partial charge in [0, 0.05) is 45.0 Å². The van der Waals surface area contributed by atoms with E-state index in [1.54, 1.807) is 4.68 Å². The van der Waals surface area contributed by atoms with Crippen LogP contribution in [0, 0.1) is 12.3 Å². The molecule has 1 aromatic heterocycles. The third-order valence-electron chi connectivity index (χ3n) is 3.98. The number of terminal acetylenes is 1. The Morgan fingerprint density at radius 1 is 1.24 bits per heavy atom. The van der Waals surface area contributed by atoms with E-state index in [9.17, 15) is 4.79 Å². The van der Waals surface area contributed by atoms with E-state index < -0.39 is 5.66 Å². The number of carbonyl (C=O) groups is 1. The highest BCUT2D eigenvalue weighted by Gasteiger charge is 2.39. The van der Waals surface area contributed by atoms with Crippen molar-refractivity contribution in [1.82, 2.24) is 9.78 Å². The van der Waals surface area contributed by atoms with Gasteiger partial charge in [0.05, 0.1) is 11.4 Å². The first-order valence-corrected chi connectivity index (χ1v) is 8.13. The van der Waals surface area contributed by atoms with Crippen LogP contribution in [0.2, 0.25) is 0 Å². The van der Waals surface area contributed by atoms with Crippen LogP contribution in [0.3, 0.4) is 0 Å². The molecular formula is C18H20N6O. The van der Waals surface area contributed by atoms with Gasteiger partial charge in [0.25, 0.3) is 0 Å². The van der Waals surface area contributed by atoms with Gasteiger partial charge in [-0.2, -0.15) is 15.3 Å². The van der Waals surface area contributed by atoms with E-state index in [0.717, 1.165) is 5.69 Å². The Morgan fingerprint density at radius 3 is 2.64 bits per heavy atom. The molecule has 1 aromatic carbocycles. The van der Waals surface area contributed by atoms with Gasteiger partial charge in [0.2, 0.25) is 5.91 Å². The molecule has 0 saturated carbocycles. The molecule has 0 bridgehead atoms. The van der Waals surface area contributed by atoms with Crippen molar-refractivity contribution in [1.29, 1.82) is 0 Å². The van der Waals surface area contributed by atoms with Crippen LogP contribution in [0.5, 0.6) is 0 Å². The summed E-state index contributed by atoms with van der Waals surface area (Å²) in [7, 11) is 1.85. The molecule has 0 saturated heterocycles. The summed E-state index contributed by atoms with van der Waals surface area (Å²) in [4.78, 5) is 12.3. The average Bonchev–Trinajstić information content (AvgIpc) is 3.27. The molecule has 0 unspecified atom stereocenters. The van der Waals surface area contributed by atoms with Crippen LogP contribution >= 0.6 is 0 Å². The smallest absolute Gasteiger partial charge is 0.224 e. The molecule has 0 fully saturated rings. The topological polar surface area (TPSA) is 83.7 Å². The zero-order valence-electron chi connectivity index (χ0n) is 14.1. The minimum Gasteiger partial charge on any atom is -0.337 e. The van der Waals surface area contributed by atoms with Crippen molar-refractivity contribution in [3.8, 4) is 12.3 Å². The van der Waals surface area contributed by atoms with Gasteiger partial charge in [0.1, 0.15) is 0 Å². The Kier molecular flexibility index (Phi) is 4.80. The second-order valence-corrected chi connectivity index (χ2v) is 5.98. The third-order valence-corrected chi connectivity index (χ3v) is 3.98. The molecule has 1 amide bonds. The Morgan fingerprint density at radius 2 is 2.00 bits per heavy atom. The largest absolute Gasteiger partial charge is 0.337 e. The minimum absolute atomic E-state index is 0.0762. The molecule has 0 spiro atoms. The van der Waals surface area contributed by atoms with E-state index in [1.165, 1.54) is 0 Å². The summed E-state index contributed by atoms with van der Waals surface area (Å²) >= 11 is 0. The molecule has 0 atom stereocenters. The number of nitrogens with one attached hydrogen (secondary N) is 2. The van der Waals surface area contributed by atoms with Gasteiger partial charge in [0.15, 0.2) is 11.5 Å². The van der Waals surface area contributed by atoms with Crippen LogP contribution in [0.1, 0.15) is 25.7 Å². The highest BCUT2D eigenvalue weighted by molar-refractivity contribution is 5.94. The molecule has 128 valence electrons. The molecular weight excluding hydrogens is 316 g/mol. The van der Waals surface area contributed by atoms with Crippen molar-refractivity contribution in [3.63, 3.8) is 0 Å². The molecule has 0 aliphatic carbocycles. The number of benzene rings is 1. The fourth-order valence-electron chi connectivity index (χ4n) is 2.52. The fraction of sp³-hybridized carbons (Fsp3) is 0.333. The maximum atomic E-state index is 12.3. The maximum Gasteiger partial charge on any atom is 0.224 e. The molecule has 2 N–H and O–H groups in total. The number of rotatable bonds is 8. The minimum atomic E-state index is -0.435. The molecule has 2 aromatic rings. The van der Waals surface area contributed by atoms with Crippen molar-refractivity contribution >= 4 is 23.1 Å². The van der Waals surface area contributed by atoms with Gasteiger partial charge < -0.3 is 10.6 Å². The van der Waals surface area contributed by atoms with Crippen molar-refractivity contribution in [2.75, 3.05) is 10.6 Å². The lowest BCUT2D eigenvalue weighted by Crippen LogP contribution is -2.18. The first-order chi connectivity index (χ1) is 12.1. The Labute approximate surface area is 146 Å². The summed E-state index contributed by atoms with van der Waals surface area (Å²) in [5, 5.41) is 18.5. The van der Waals surface area contributed by atoms with Gasteiger partial charge in [-0.1, -0.05) is 12.1 Å². The lowest BCUT2D eigenvalue weighted by atomic mass is 10.0. The summed E-state index contributed by atoms with van der Waals surface area (Å²) in [5.74, 6) is 3.23. The quantitative estimate of drug-likeness (QED) is 0.724. The van der Waals surface area contributed by atoms with Crippen molar-refractivity contribution < 1.29 is 4.79 Å². The molecule has 0 radical (unpaired) electrons. The van der Waals surface area contributed by atoms with E-state index in [0.29, 0.717) is 37.2 Å². The zero-order chi connectivity index (χ0) is 17.7. The predicted octanol–water partition coefficient (Wildman–Crippen LogP) is 3.46. The van der Waals surface area contributed by atoms with Gasteiger partial charge in [-0.25, -0.2) is 0 Å². The van der Waals surface area contributed by atoms with Crippen LogP contribution in [0.4, 0.5) is 17.2 Å². The summed E-state index contributed by atoms with van der Waals surface area (Å²) in [6.45, 7) is 0. The lowest BCUT2D eigenvalue weighted by Gasteiger charge is -2.13. The molecule has 7 nitrogen and oxygen atoms in total. The first-order valence-electron chi connectivity index (χ1n) is 8.13. The third kappa shape index (κ3) is 4.44. The SMILES string of the molecule is C#CCCC1(CCC(=O)Nc2ccccc2Nc2ccn(C)n2)N=N1. The summed E-state index contributed by atoms with van der Waals surface area (Å²) in [6, 6.07) is 9.38. The van der Waals surface area contributed by atoms with Crippen molar-refractivity contribution in [2.45, 2.75) is 31.3 Å². The second-order valence-electron chi connectivity index (χ2n) is 5.98. The average molecular weight is 336 g/mol. The van der Waals surface area contributed by atoms with Gasteiger partial charge >= 0.3 is 0 Å². The van der Waals surface area contributed by atoms with Crippen LogP contribution in [-0.2, 0) is 11.8 Å². The Bertz CT molecular complexity index is 826. The first kappa shape index (κ1) is 16.7. The molecule has 1 aliphatic heterocycles. The number of carbonyl (C=O) groups excluding carboxylic acids is 1. The number of nitrogens with zero attached hydrogens (tertiary/aromatic N) is 4. The highest BCUT2D eigenvalue weighted by atomic mass is 16.1. The van der Waals surface area contributed by atoms with Gasteiger partial charge in [-0.15, -0.1) is 12.3 Å². The fourth-order valence-corrected chi connectivity index (χ4v) is 2.52. The lowest BCUT2D eigenvalue weighted by molar-refractivity contribution is -0.116. The number of hydrogen-bond donors (Lipinski definition) is 2. The monoisotopic (exact) mass is 336 g/mol. The van der Waals surface area contributed by atoms with Gasteiger partial charge in [-0.3, -0.25) is 9.48 Å². The maximum absolute atomic E-state index is 12.3. The second kappa shape index (κ2) is 7.18. The summed E-state index contributed by atoms with van der Waals surface area (Å²) in [6.07, 6.45) is 9.37. The van der Waals surface area contributed by atoms with E-state index >= 15 is 0 Å². The molecule has 3 rings (SSSR count). The predicted molar refractivity (Wildman–Crippen MR) is 96.5 cm³/mol. The number of anilines is 3. The van der Waals surface area contributed by atoms with E-state index in [-0.39, 0.29) is 5.91 Å². The highest BCUT2D eigenvalue weighted by Crippen LogP contribution is 2.37.